The molecular weight excluding hydrogens is 240 g/mol. The lowest BCUT2D eigenvalue weighted by Gasteiger charge is -2.07. The van der Waals surface area contributed by atoms with Crippen molar-refractivity contribution in [3.8, 4) is 0 Å². The summed E-state index contributed by atoms with van der Waals surface area (Å²) in [7, 11) is 0. The second kappa shape index (κ2) is 7.49. The topological polar surface area (TPSA) is 29.1 Å². The van der Waals surface area contributed by atoms with Gasteiger partial charge in [0.05, 0.1) is 0 Å². The number of nitrogens with one attached hydrogen (secondary N) is 1. The van der Waals surface area contributed by atoms with Crippen molar-refractivity contribution in [3.05, 3.63) is 35.6 Å². The molecule has 0 saturated heterocycles. The maximum atomic E-state index is 12.7. The first kappa shape index (κ1) is 16.6. The number of hydrogen-bond donors (Lipinski definition) is 1. The van der Waals surface area contributed by atoms with Crippen molar-refractivity contribution in [1.29, 1.82) is 0 Å². The van der Waals surface area contributed by atoms with E-state index < -0.39 is 5.82 Å². The Balaban J connectivity index is 0. The van der Waals surface area contributed by atoms with Crippen LogP contribution in [0.2, 0.25) is 0 Å². The van der Waals surface area contributed by atoms with Gasteiger partial charge in [0.2, 0.25) is 0 Å². The van der Waals surface area contributed by atoms with Gasteiger partial charge in [-0.1, -0.05) is 6.07 Å². The first-order valence-electron chi connectivity index (χ1n) is 4.16. The molecule has 0 spiro atoms. The molecule has 0 atom stereocenters. The van der Waals surface area contributed by atoms with E-state index in [1.807, 2.05) is 13.8 Å². The van der Waals surface area contributed by atoms with E-state index in [4.69, 9.17) is 0 Å². The van der Waals surface area contributed by atoms with Crippen LogP contribution in [0.25, 0.3) is 0 Å². The fraction of sp³-hybridized carbons (Fsp3) is 0.300. The molecule has 0 bridgehead atoms. The minimum Gasteiger partial charge on any atom is -0.350 e. The monoisotopic (exact) mass is 253 g/mol. The van der Waals surface area contributed by atoms with Crippen molar-refractivity contribution in [1.82, 2.24) is 5.32 Å². The molecule has 86 valence electrons. The Morgan fingerprint density at radius 3 is 2.40 bits per heavy atom. The third-order valence-electron chi connectivity index (χ3n) is 1.51. The van der Waals surface area contributed by atoms with Gasteiger partial charge < -0.3 is 5.32 Å². The van der Waals surface area contributed by atoms with Gasteiger partial charge in [-0.2, -0.15) is 0 Å². The molecule has 1 amide bonds. The summed E-state index contributed by atoms with van der Waals surface area (Å²) in [5.41, 5.74) is 0.355. The van der Waals surface area contributed by atoms with Crippen LogP contribution in [0, 0.1) is 5.82 Å². The van der Waals surface area contributed by atoms with Gasteiger partial charge in [-0.25, -0.2) is 4.39 Å². The fourth-order valence-electron chi connectivity index (χ4n) is 0.975. The van der Waals surface area contributed by atoms with Crippen LogP contribution < -0.4 is 5.32 Å². The van der Waals surface area contributed by atoms with Crippen LogP contribution in [-0.2, 0) is 0 Å². The highest BCUT2D eigenvalue weighted by Gasteiger charge is 2.06. The van der Waals surface area contributed by atoms with Crippen LogP contribution in [0.4, 0.5) is 4.39 Å². The van der Waals surface area contributed by atoms with Gasteiger partial charge in [0.15, 0.2) is 0 Å². The number of halogens is 3. The zero-order chi connectivity index (χ0) is 9.84. The molecule has 0 aliphatic heterocycles. The Bertz CT molecular complexity index is 318. The van der Waals surface area contributed by atoms with Gasteiger partial charge in [0.1, 0.15) is 5.82 Å². The first-order valence-corrected chi connectivity index (χ1v) is 4.16. The number of rotatable bonds is 2. The molecule has 0 saturated carbocycles. The van der Waals surface area contributed by atoms with E-state index in [1.165, 1.54) is 18.2 Å². The fourth-order valence-corrected chi connectivity index (χ4v) is 0.975. The SMILES string of the molecule is CC(C)NC(=O)c1cccc(F)c1.Cl.Cl. The Hall–Kier alpha value is -0.800. The Labute approximate surface area is 101 Å². The molecule has 0 radical (unpaired) electrons. The zero-order valence-electron chi connectivity index (χ0n) is 8.49. The quantitative estimate of drug-likeness (QED) is 0.863. The van der Waals surface area contributed by atoms with Crippen LogP contribution in [0.3, 0.4) is 0 Å². The molecule has 0 aromatic heterocycles. The Morgan fingerprint density at radius 2 is 1.93 bits per heavy atom. The van der Waals surface area contributed by atoms with Crippen molar-refractivity contribution in [2.24, 2.45) is 0 Å². The van der Waals surface area contributed by atoms with E-state index in [1.54, 1.807) is 6.07 Å². The lowest BCUT2D eigenvalue weighted by Crippen LogP contribution is -2.30. The van der Waals surface area contributed by atoms with Crippen LogP contribution >= 0.6 is 24.8 Å². The molecule has 1 aromatic rings. The minimum absolute atomic E-state index is 0. The lowest BCUT2D eigenvalue weighted by atomic mass is 10.2. The van der Waals surface area contributed by atoms with E-state index >= 15 is 0 Å². The number of carbonyl (C=O) groups is 1. The van der Waals surface area contributed by atoms with Crippen molar-refractivity contribution in [2.75, 3.05) is 0 Å². The molecule has 15 heavy (non-hydrogen) atoms. The molecule has 0 unspecified atom stereocenters. The van der Waals surface area contributed by atoms with E-state index in [9.17, 15) is 9.18 Å². The molecule has 1 rings (SSSR count). The maximum Gasteiger partial charge on any atom is 0.251 e. The molecule has 1 aromatic carbocycles. The summed E-state index contributed by atoms with van der Waals surface area (Å²) in [6.07, 6.45) is 0. The first-order chi connectivity index (χ1) is 6.09. The average Bonchev–Trinajstić information content (AvgIpc) is 2.03. The van der Waals surface area contributed by atoms with Crippen LogP contribution in [-0.4, -0.2) is 11.9 Å². The third-order valence-corrected chi connectivity index (χ3v) is 1.51. The predicted molar refractivity (Wildman–Crippen MR) is 63.5 cm³/mol. The summed E-state index contributed by atoms with van der Waals surface area (Å²) in [6.45, 7) is 3.72. The largest absolute Gasteiger partial charge is 0.350 e. The van der Waals surface area contributed by atoms with Gasteiger partial charge in [0, 0.05) is 11.6 Å². The van der Waals surface area contributed by atoms with Crippen molar-refractivity contribution in [3.63, 3.8) is 0 Å². The van der Waals surface area contributed by atoms with Crippen molar-refractivity contribution >= 4 is 30.7 Å². The molecule has 1 N–H and O–H groups in total. The minimum atomic E-state index is -0.392. The van der Waals surface area contributed by atoms with Gasteiger partial charge in [0.25, 0.3) is 5.91 Å². The molecule has 2 nitrogen and oxygen atoms in total. The number of carbonyl (C=O) groups excluding carboxylic acids is 1. The average molecular weight is 254 g/mol. The molecule has 0 aliphatic carbocycles. The summed E-state index contributed by atoms with van der Waals surface area (Å²) in [5.74, 6) is -0.633. The van der Waals surface area contributed by atoms with E-state index in [2.05, 4.69) is 5.32 Å². The summed E-state index contributed by atoms with van der Waals surface area (Å²) >= 11 is 0. The van der Waals surface area contributed by atoms with Gasteiger partial charge in [-0.3, -0.25) is 4.79 Å². The summed E-state index contributed by atoms with van der Waals surface area (Å²) in [6, 6.07) is 5.70. The highest BCUT2D eigenvalue weighted by molar-refractivity contribution is 5.94. The van der Waals surface area contributed by atoms with Crippen molar-refractivity contribution < 1.29 is 9.18 Å². The standard InChI is InChI=1S/C10H12FNO.2ClH/c1-7(2)12-10(13)8-4-3-5-9(11)6-8;;/h3-7H,1-2H3,(H,12,13);2*1H. The summed E-state index contributed by atoms with van der Waals surface area (Å²) < 4.78 is 12.7. The molecule has 0 aliphatic rings. The molecule has 0 heterocycles. The van der Waals surface area contributed by atoms with Gasteiger partial charge >= 0.3 is 0 Å². The zero-order valence-corrected chi connectivity index (χ0v) is 10.1. The lowest BCUT2D eigenvalue weighted by molar-refractivity contribution is 0.0942. The highest BCUT2D eigenvalue weighted by atomic mass is 35.5. The van der Waals surface area contributed by atoms with Gasteiger partial charge in [-0.15, -0.1) is 24.8 Å². The third kappa shape index (κ3) is 5.60. The predicted octanol–water partition coefficient (Wildman–Crippen LogP) is 2.81. The van der Waals surface area contributed by atoms with E-state index in [-0.39, 0.29) is 36.8 Å². The molecular formula is C10H14Cl2FNO. The number of hydrogen-bond acceptors (Lipinski definition) is 1. The Kier molecular flexibility index (Phi) is 8.30. The Morgan fingerprint density at radius 1 is 1.33 bits per heavy atom. The van der Waals surface area contributed by atoms with E-state index in [0.717, 1.165) is 0 Å². The molecule has 0 fully saturated rings. The second-order valence-corrected chi connectivity index (χ2v) is 3.14. The van der Waals surface area contributed by atoms with Crippen LogP contribution in [0.15, 0.2) is 24.3 Å². The maximum absolute atomic E-state index is 12.7. The smallest absolute Gasteiger partial charge is 0.251 e. The number of benzene rings is 1. The summed E-state index contributed by atoms with van der Waals surface area (Å²) in [4.78, 5) is 11.3. The summed E-state index contributed by atoms with van der Waals surface area (Å²) in [5, 5.41) is 2.68. The second-order valence-electron chi connectivity index (χ2n) is 3.14. The normalized spacial score (nSPS) is 8.80. The highest BCUT2D eigenvalue weighted by Crippen LogP contribution is 2.03. The van der Waals surface area contributed by atoms with Crippen LogP contribution in [0.5, 0.6) is 0 Å². The molecule has 5 heteroatoms. The van der Waals surface area contributed by atoms with Gasteiger partial charge in [-0.05, 0) is 32.0 Å². The number of amides is 1. The van der Waals surface area contributed by atoms with Crippen molar-refractivity contribution in [2.45, 2.75) is 19.9 Å². The van der Waals surface area contributed by atoms with E-state index in [0.29, 0.717) is 5.56 Å². The van der Waals surface area contributed by atoms with Crippen LogP contribution in [0.1, 0.15) is 24.2 Å².